The maximum atomic E-state index is 12.4. The highest BCUT2D eigenvalue weighted by Gasteiger charge is 2.37. The topological polar surface area (TPSA) is 156 Å². The second-order valence-corrected chi connectivity index (χ2v) is 6.63. The van der Waals surface area contributed by atoms with E-state index in [0.717, 1.165) is 5.75 Å². The number of primary amides is 1. The molecule has 0 aromatic rings. The van der Waals surface area contributed by atoms with Crippen LogP contribution in [0, 0.1) is 0 Å². The first-order valence-electron chi connectivity index (χ1n) is 7.64. The molecular weight excluding hydrogens is 336 g/mol. The fraction of sp³-hybridized carbons (Fsp3) is 0.714. The van der Waals surface area contributed by atoms with Crippen molar-refractivity contribution >= 4 is 35.5 Å². The smallest absolute Gasteiger partial charge is 0.326 e. The van der Waals surface area contributed by atoms with Gasteiger partial charge in [-0.15, -0.1) is 0 Å². The van der Waals surface area contributed by atoms with Crippen molar-refractivity contribution in [2.75, 3.05) is 18.6 Å². The van der Waals surface area contributed by atoms with Gasteiger partial charge >= 0.3 is 5.97 Å². The van der Waals surface area contributed by atoms with E-state index in [2.05, 4.69) is 5.32 Å². The molecule has 3 amide bonds. The Morgan fingerprint density at radius 2 is 2.04 bits per heavy atom. The Morgan fingerprint density at radius 1 is 1.38 bits per heavy atom. The number of nitrogens with zero attached hydrogens (tertiary/aromatic N) is 1. The molecule has 0 spiro atoms. The third-order valence-electron chi connectivity index (χ3n) is 3.81. The molecule has 1 rings (SSSR count). The predicted molar refractivity (Wildman–Crippen MR) is 89.1 cm³/mol. The summed E-state index contributed by atoms with van der Waals surface area (Å²) >= 11 is 1.58. The molecule has 0 aromatic heterocycles. The van der Waals surface area contributed by atoms with Gasteiger partial charge in [0, 0.05) is 6.54 Å². The Bertz CT molecular complexity index is 502. The molecule has 6 N–H and O–H groups in total. The first kappa shape index (κ1) is 20.2. The van der Waals surface area contributed by atoms with E-state index in [4.69, 9.17) is 16.6 Å². The van der Waals surface area contributed by atoms with Crippen LogP contribution in [0.1, 0.15) is 25.7 Å². The first-order valence-corrected chi connectivity index (χ1v) is 9.03. The van der Waals surface area contributed by atoms with Crippen LogP contribution in [0.4, 0.5) is 0 Å². The van der Waals surface area contributed by atoms with Crippen LogP contribution in [-0.2, 0) is 19.2 Å². The number of nitrogens with two attached hydrogens (primary N) is 2. The van der Waals surface area contributed by atoms with E-state index in [1.165, 1.54) is 4.90 Å². The summed E-state index contributed by atoms with van der Waals surface area (Å²) in [4.78, 5) is 48.1. The highest BCUT2D eigenvalue weighted by atomic mass is 32.2. The molecule has 0 saturated carbocycles. The lowest BCUT2D eigenvalue weighted by Gasteiger charge is -2.27. The summed E-state index contributed by atoms with van der Waals surface area (Å²) in [6, 6.07) is -2.86. The van der Waals surface area contributed by atoms with Crippen molar-refractivity contribution in [3.63, 3.8) is 0 Å². The van der Waals surface area contributed by atoms with Crippen molar-refractivity contribution in [2.45, 2.75) is 43.8 Å². The van der Waals surface area contributed by atoms with E-state index in [0.29, 0.717) is 25.8 Å². The quantitative estimate of drug-likeness (QED) is 0.390. The predicted octanol–water partition coefficient (Wildman–Crippen LogP) is -1.50. The number of nitrogens with one attached hydrogen (secondary N) is 1. The van der Waals surface area contributed by atoms with E-state index in [1.807, 2.05) is 6.26 Å². The summed E-state index contributed by atoms with van der Waals surface area (Å²) in [5.41, 5.74) is 10.9. The minimum atomic E-state index is -1.40. The molecule has 3 atom stereocenters. The largest absolute Gasteiger partial charge is 0.480 e. The van der Waals surface area contributed by atoms with Gasteiger partial charge in [0.05, 0.1) is 12.5 Å². The van der Waals surface area contributed by atoms with Crippen molar-refractivity contribution in [1.29, 1.82) is 0 Å². The maximum Gasteiger partial charge on any atom is 0.326 e. The lowest BCUT2D eigenvalue weighted by Crippen LogP contribution is -2.54. The normalized spacial score (nSPS) is 19.6. The Labute approximate surface area is 144 Å². The van der Waals surface area contributed by atoms with Gasteiger partial charge in [-0.3, -0.25) is 14.4 Å². The van der Waals surface area contributed by atoms with Crippen LogP contribution in [0.25, 0.3) is 0 Å². The van der Waals surface area contributed by atoms with Crippen LogP contribution in [0.15, 0.2) is 0 Å². The molecule has 1 fully saturated rings. The number of thioether (sulfide) groups is 1. The number of amides is 3. The van der Waals surface area contributed by atoms with Crippen LogP contribution in [-0.4, -0.2) is 70.4 Å². The molecular formula is C14H24N4O5S. The number of hydrogen-bond acceptors (Lipinski definition) is 6. The van der Waals surface area contributed by atoms with Crippen molar-refractivity contribution in [3.05, 3.63) is 0 Å². The van der Waals surface area contributed by atoms with E-state index < -0.39 is 42.3 Å². The summed E-state index contributed by atoms with van der Waals surface area (Å²) < 4.78 is 0. The number of rotatable bonds is 9. The number of carbonyl (C=O) groups excluding carboxylic acids is 3. The molecule has 0 bridgehead atoms. The first-order chi connectivity index (χ1) is 11.3. The minimum absolute atomic E-state index is 0.316. The molecule has 1 saturated heterocycles. The Balaban J connectivity index is 2.72. The number of carboxylic acids is 1. The number of carbonyl (C=O) groups is 4. The monoisotopic (exact) mass is 360 g/mol. The van der Waals surface area contributed by atoms with Crippen LogP contribution < -0.4 is 16.8 Å². The van der Waals surface area contributed by atoms with Gasteiger partial charge in [0.25, 0.3) is 0 Å². The van der Waals surface area contributed by atoms with E-state index in [9.17, 15) is 19.2 Å². The number of likely N-dealkylation sites (tertiary alicyclic amines) is 1. The van der Waals surface area contributed by atoms with Crippen molar-refractivity contribution in [2.24, 2.45) is 11.5 Å². The summed E-state index contributed by atoms with van der Waals surface area (Å²) in [5.74, 6) is -2.37. The molecule has 136 valence electrons. The second-order valence-electron chi connectivity index (χ2n) is 5.65. The van der Waals surface area contributed by atoms with Gasteiger partial charge in [0.2, 0.25) is 17.7 Å². The van der Waals surface area contributed by atoms with Gasteiger partial charge in [0.1, 0.15) is 12.1 Å². The second kappa shape index (κ2) is 9.48. The maximum absolute atomic E-state index is 12.4. The standard InChI is InChI=1S/C14H24N4O5S/c1-24-6-4-8(15)13(21)18-5-2-3-10(18)12(20)17-9(14(22)23)7-11(16)19/h8-10H,2-7,15H2,1H3,(H2,16,19)(H,17,20)(H,22,23). The number of carboxylic acid groups (broad SMARTS) is 1. The molecule has 10 heteroatoms. The van der Waals surface area contributed by atoms with Crippen LogP contribution in [0.3, 0.4) is 0 Å². The lowest BCUT2D eigenvalue weighted by molar-refractivity contribution is -0.145. The zero-order valence-corrected chi connectivity index (χ0v) is 14.4. The van der Waals surface area contributed by atoms with Gasteiger partial charge in [-0.2, -0.15) is 11.8 Å². The van der Waals surface area contributed by atoms with Gasteiger partial charge < -0.3 is 26.8 Å². The third-order valence-corrected chi connectivity index (χ3v) is 4.45. The van der Waals surface area contributed by atoms with Gasteiger partial charge in [-0.1, -0.05) is 0 Å². The van der Waals surface area contributed by atoms with Crippen molar-refractivity contribution < 1.29 is 24.3 Å². The van der Waals surface area contributed by atoms with Crippen LogP contribution in [0.5, 0.6) is 0 Å². The van der Waals surface area contributed by atoms with E-state index in [-0.39, 0.29) is 5.91 Å². The zero-order valence-electron chi connectivity index (χ0n) is 13.6. The number of hydrogen-bond donors (Lipinski definition) is 4. The van der Waals surface area contributed by atoms with Gasteiger partial charge in [-0.05, 0) is 31.3 Å². The molecule has 1 heterocycles. The molecule has 24 heavy (non-hydrogen) atoms. The molecule has 0 radical (unpaired) electrons. The van der Waals surface area contributed by atoms with E-state index in [1.54, 1.807) is 11.8 Å². The van der Waals surface area contributed by atoms with E-state index >= 15 is 0 Å². The van der Waals surface area contributed by atoms with Crippen molar-refractivity contribution in [3.8, 4) is 0 Å². The third kappa shape index (κ3) is 5.68. The fourth-order valence-corrected chi connectivity index (χ4v) is 3.04. The fourth-order valence-electron chi connectivity index (χ4n) is 2.55. The van der Waals surface area contributed by atoms with Crippen LogP contribution in [0.2, 0.25) is 0 Å². The van der Waals surface area contributed by atoms with Gasteiger partial charge in [0.15, 0.2) is 0 Å². The molecule has 0 aromatic carbocycles. The Morgan fingerprint density at radius 3 is 2.58 bits per heavy atom. The molecule has 1 aliphatic rings. The summed E-state index contributed by atoms with van der Waals surface area (Å²) in [7, 11) is 0. The van der Waals surface area contributed by atoms with Crippen LogP contribution >= 0.6 is 11.8 Å². The Kier molecular flexibility index (Phi) is 7.99. The van der Waals surface area contributed by atoms with Gasteiger partial charge in [-0.25, -0.2) is 4.79 Å². The zero-order chi connectivity index (χ0) is 18.3. The summed E-state index contributed by atoms with van der Waals surface area (Å²) in [5, 5.41) is 11.3. The average molecular weight is 360 g/mol. The minimum Gasteiger partial charge on any atom is -0.480 e. The molecule has 9 nitrogen and oxygen atoms in total. The molecule has 0 aliphatic carbocycles. The Hall–Kier alpha value is -1.81. The highest BCUT2D eigenvalue weighted by Crippen LogP contribution is 2.19. The number of aliphatic carboxylic acids is 1. The SMILES string of the molecule is CSCCC(N)C(=O)N1CCCC1C(=O)NC(CC(N)=O)C(=O)O. The molecule has 1 aliphatic heterocycles. The average Bonchev–Trinajstić information content (AvgIpc) is 3.00. The summed E-state index contributed by atoms with van der Waals surface area (Å²) in [6.07, 6.45) is 2.97. The lowest BCUT2D eigenvalue weighted by atomic mass is 10.1. The highest BCUT2D eigenvalue weighted by molar-refractivity contribution is 7.98. The molecule has 3 unspecified atom stereocenters. The summed E-state index contributed by atoms with van der Waals surface area (Å²) in [6.45, 7) is 0.400. The van der Waals surface area contributed by atoms with Crippen molar-refractivity contribution in [1.82, 2.24) is 10.2 Å².